The zero-order valence-corrected chi connectivity index (χ0v) is 14.1. The summed E-state index contributed by atoms with van der Waals surface area (Å²) in [6, 6.07) is 12.4. The van der Waals surface area contributed by atoms with Crippen molar-refractivity contribution in [3.05, 3.63) is 59.2 Å². The van der Waals surface area contributed by atoms with E-state index in [9.17, 15) is 9.59 Å². The Bertz CT molecular complexity index is 785. The fourth-order valence-corrected chi connectivity index (χ4v) is 2.36. The highest BCUT2D eigenvalue weighted by Crippen LogP contribution is 2.32. The topological polar surface area (TPSA) is 73.9 Å². The Kier molecular flexibility index (Phi) is 4.88. The molecule has 0 saturated heterocycles. The van der Waals surface area contributed by atoms with Gasteiger partial charge in [-0.2, -0.15) is 0 Å². The minimum atomic E-state index is -0.886. The Labute approximate surface area is 145 Å². The number of ether oxygens (including phenoxy) is 3. The molecule has 0 aromatic heterocycles. The summed E-state index contributed by atoms with van der Waals surface area (Å²) < 4.78 is 15.7. The lowest BCUT2D eigenvalue weighted by Crippen LogP contribution is -2.35. The minimum absolute atomic E-state index is 0.205. The summed E-state index contributed by atoms with van der Waals surface area (Å²) in [4.78, 5) is 24.2. The Morgan fingerprint density at radius 3 is 2.60 bits per heavy atom. The van der Waals surface area contributed by atoms with E-state index < -0.39 is 12.1 Å². The first kappa shape index (κ1) is 16.8. The zero-order valence-electron chi connectivity index (χ0n) is 14.1. The highest BCUT2D eigenvalue weighted by molar-refractivity contribution is 5.92. The molecular weight excluding hydrogens is 322 g/mol. The van der Waals surface area contributed by atoms with Gasteiger partial charge < -0.3 is 19.5 Å². The molecule has 0 saturated carbocycles. The van der Waals surface area contributed by atoms with Gasteiger partial charge in [0.1, 0.15) is 0 Å². The van der Waals surface area contributed by atoms with Gasteiger partial charge in [0.2, 0.25) is 6.79 Å². The third-order valence-corrected chi connectivity index (χ3v) is 3.84. The van der Waals surface area contributed by atoms with Crippen LogP contribution >= 0.6 is 0 Å². The van der Waals surface area contributed by atoms with Crippen LogP contribution in [0.4, 0.5) is 0 Å². The molecule has 1 N–H and O–H groups in total. The molecule has 0 spiro atoms. The van der Waals surface area contributed by atoms with Crippen LogP contribution in [0.25, 0.3) is 0 Å². The molecule has 2 aromatic carbocycles. The van der Waals surface area contributed by atoms with Gasteiger partial charge in [-0.1, -0.05) is 23.8 Å². The summed E-state index contributed by atoms with van der Waals surface area (Å²) in [5.74, 6) is 0.463. The van der Waals surface area contributed by atoms with Crippen molar-refractivity contribution in [1.82, 2.24) is 5.32 Å². The summed E-state index contributed by atoms with van der Waals surface area (Å²) in [6.07, 6.45) is -0.886. The van der Waals surface area contributed by atoms with Crippen LogP contribution in [0.5, 0.6) is 11.5 Å². The van der Waals surface area contributed by atoms with E-state index in [1.54, 1.807) is 25.1 Å². The first-order valence-electron chi connectivity index (χ1n) is 7.97. The predicted octanol–water partition coefficient (Wildman–Crippen LogP) is 2.59. The summed E-state index contributed by atoms with van der Waals surface area (Å²) in [5, 5.41) is 2.74. The average molecular weight is 341 g/mol. The van der Waals surface area contributed by atoms with Crippen LogP contribution in [0.3, 0.4) is 0 Å². The zero-order chi connectivity index (χ0) is 17.8. The van der Waals surface area contributed by atoms with Gasteiger partial charge in [0.25, 0.3) is 5.91 Å². The van der Waals surface area contributed by atoms with Crippen LogP contribution in [0.1, 0.15) is 28.4 Å². The van der Waals surface area contributed by atoms with E-state index in [2.05, 4.69) is 5.32 Å². The van der Waals surface area contributed by atoms with E-state index >= 15 is 0 Å². The van der Waals surface area contributed by atoms with Crippen LogP contribution in [0.2, 0.25) is 0 Å². The molecule has 2 aromatic rings. The van der Waals surface area contributed by atoms with Crippen molar-refractivity contribution < 1.29 is 23.8 Å². The minimum Gasteiger partial charge on any atom is -0.454 e. The molecule has 3 rings (SSSR count). The molecule has 1 aliphatic rings. The largest absolute Gasteiger partial charge is 0.454 e. The summed E-state index contributed by atoms with van der Waals surface area (Å²) in [5.41, 5.74) is 2.33. The number of nitrogens with one attached hydrogen (secondary N) is 1. The fraction of sp³-hybridized carbons (Fsp3) is 0.263. The Hall–Kier alpha value is -3.02. The van der Waals surface area contributed by atoms with E-state index in [-0.39, 0.29) is 12.7 Å². The van der Waals surface area contributed by atoms with Gasteiger partial charge in [-0.15, -0.1) is 0 Å². The molecule has 1 heterocycles. The highest BCUT2D eigenvalue weighted by Gasteiger charge is 2.19. The van der Waals surface area contributed by atoms with Crippen LogP contribution in [0.15, 0.2) is 42.5 Å². The van der Waals surface area contributed by atoms with Crippen LogP contribution in [-0.2, 0) is 16.1 Å². The van der Waals surface area contributed by atoms with Gasteiger partial charge in [0.05, 0.1) is 5.56 Å². The van der Waals surface area contributed by atoms with Crippen molar-refractivity contribution in [2.24, 2.45) is 0 Å². The number of hydrogen-bond donors (Lipinski definition) is 1. The highest BCUT2D eigenvalue weighted by atomic mass is 16.7. The second kappa shape index (κ2) is 7.25. The number of rotatable bonds is 5. The summed E-state index contributed by atoms with van der Waals surface area (Å²) >= 11 is 0. The third kappa shape index (κ3) is 4.09. The molecule has 130 valence electrons. The molecule has 1 atom stereocenters. The predicted molar refractivity (Wildman–Crippen MR) is 90.5 cm³/mol. The lowest BCUT2D eigenvalue weighted by Gasteiger charge is -2.14. The lowest BCUT2D eigenvalue weighted by molar-refractivity contribution is -0.129. The van der Waals surface area contributed by atoms with Gasteiger partial charge in [-0.3, -0.25) is 4.79 Å². The number of aryl methyl sites for hydroxylation is 1. The summed E-state index contributed by atoms with van der Waals surface area (Å²) in [7, 11) is 0. The monoisotopic (exact) mass is 341 g/mol. The van der Waals surface area contributed by atoms with Crippen molar-refractivity contribution in [1.29, 1.82) is 0 Å². The number of esters is 1. The van der Waals surface area contributed by atoms with Crippen LogP contribution < -0.4 is 14.8 Å². The smallest absolute Gasteiger partial charge is 0.338 e. The Balaban J connectivity index is 1.52. The van der Waals surface area contributed by atoms with Gasteiger partial charge in [-0.05, 0) is 43.7 Å². The van der Waals surface area contributed by atoms with Gasteiger partial charge in [0.15, 0.2) is 17.6 Å². The molecular formula is C19H19NO5. The molecule has 0 fully saturated rings. The second-order valence-electron chi connectivity index (χ2n) is 5.82. The second-order valence-corrected chi connectivity index (χ2v) is 5.82. The molecule has 1 aliphatic heterocycles. The number of amides is 1. The number of carbonyl (C=O) groups excluding carboxylic acids is 2. The van der Waals surface area contributed by atoms with E-state index in [1.165, 1.54) is 0 Å². The van der Waals surface area contributed by atoms with E-state index in [0.717, 1.165) is 11.1 Å². The standard InChI is InChI=1S/C19H19NO5/c1-12-3-6-15(7-4-12)19(22)25-13(2)18(21)20-10-14-5-8-16-17(9-14)24-11-23-16/h3-9,13H,10-11H2,1-2H3,(H,20,21)/t13-/m0/s1. The van der Waals surface area contributed by atoms with Crippen molar-refractivity contribution in [2.75, 3.05) is 6.79 Å². The maximum Gasteiger partial charge on any atom is 0.338 e. The molecule has 0 bridgehead atoms. The molecule has 6 nitrogen and oxygen atoms in total. The SMILES string of the molecule is Cc1ccc(C(=O)O[C@@H](C)C(=O)NCc2ccc3c(c2)OCO3)cc1. The number of fused-ring (bicyclic) bond motifs is 1. The van der Waals surface area contributed by atoms with Crippen molar-refractivity contribution in [3.63, 3.8) is 0 Å². The number of carbonyl (C=O) groups is 2. The van der Waals surface area contributed by atoms with E-state index in [1.807, 2.05) is 31.2 Å². The quantitative estimate of drug-likeness (QED) is 0.846. The van der Waals surface area contributed by atoms with Gasteiger partial charge in [-0.25, -0.2) is 4.79 Å². The van der Waals surface area contributed by atoms with Crippen LogP contribution in [0, 0.1) is 6.92 Å². The first-order chi connectivity index (χ1) is 12.0. The maximum atomic E-state index is 12.1. The van der Waals surface area contributed by atoms with E-state index in [0.29, 0.717) is 23.6 Å². The Morgan fingerprint density at radius 1 is 1.12 bits per heavy atom. The number of benzene rings is 2. The molecule has 1 amide bonds. The molecule has 6 heteroatoms. The maximum absolute atomic E-state index is 12.1. The molecule has 25 heavy (non-hydrogen) atoms. The number of hydrogen-bond acceptors (Lipinski definition) is 5. The molecule has 0 aliphatic carbocycles. The third-order valence-electron chi connectivity index (χ3n) is 3.84. The average Bonchev–Trinajstić information content (AvgIpc) is 3.07. The fourth-order valence-electron chi connectivity index (χ4n) is 2.36. The normalized spacial score (nSPS) is 13.2. The van der Waals surface area contributed by atoms with Crippen molar-refractivity contribution in [2.45, 2.75) is 26.5 Å². The summed E-state index contributed by atoms with van der Waals surface area (Å²) in [6.45, 7) is 3.99. The van der Waals surface area contributed by atoms with Crippen molar-refractivity contribution in [3.8, 4) is 11.5 Å². The molecule has 0 unspecified atom stereocenters. The van der Waals surface area contributed by atoms with Gasteiger partial charge >= 0.3 is 5.97 Å². The Morgan fingerprint density at radius 2 is 1.84 bits per heavy atom. The van der Waals surface area contributed by atoms with Crippen molar-refractivity contribution >= 4 is 11.9 Å². The molecule has 0 radical (unpaired) electrons. The lowest BCUT2D eigenvalue weighted by atomic mass is 10.1. The van der Waals surface area contributed by atoms with Crippen LogP contribution in [-0.4, -0.2) is 24.8 Å². The van der Waals surface area contributed by atoms with Gasteiger partial charge in [0, 0.05) is 6.54 Å². The van der Waals surface area contributed by atoms with E-state index in [4.69, 9.17) is 14.2 Å². The first-order valence-corrected chi connectivity index (χ1v) is 7.97.